The van der Waals surface area contributed by atoms with E-state index < -0.39 is 12.0 Å². The molecule has 0 aromatic carbocycles. The molecule has 4 rings (SSSR count). The van der Waals surface area contributed by atoms with Gasteiger partial charge in [-0.15, -0.1) is 26.6 Å². The van der Waals surface area contributed by atoms with Crippen molar-refractivity contribution in [3.8, 4) is 0 Å². The van der Waals surface area contributed by atoms with Crippen molar-refractivity contribution < 1.29 is 13.2 Å². The fraction of sp³-hybridized carbons (Fsp3) is 0.529. The second kappa shape index (κ2) is 6.87. The molecule has 0 radical (unpaired) electrons. The molecule has 0 unspecified atom stereocenters. The average Bonchev–Trinajstić information content (AvgIpc) is 3.25. The first-order valence-electron chi connectivity index (χ1n) is 8.97. The average molecular weight is 411 g/mol. The van der Waals surface area contributed by atoms with Crippen molar-refractivity contribution in [2.75, 3.05) is 23.3 Å². The molecule has 0 saturated carbocycles. The highest BCUT2D eigenvalue weighted by Gasteiger charge is 2.38. The first-order chi connectivity index (χ1) is 13.2. The number of nitrogens with one attached hydrogen (secondary N) is 1. The Morgan fingerprint density at radius 3 is 2.43 bits per heavy atom. The molecule has 0 aliphatic carbocycles. The molecule has 1 aliphatic rings. The minimum atomic E-state index is -4.60. The van der Waals surface area contributed by atoms with Crippen LogP contribution in [0.25, 0.3) is 5.65 Å². The third-order valence-corrected chi connectivity index (χ3v) is 5.95. The molecule has 1 N–H and O–H groups in total. The van der Waals surface area contributed by atoms with Crippen LogP contribution >= 0.6 is 11.3 Å². The number of thiazole rings is 1. The van der Waals surface area contributed by atoms with E-state index in [0.717, 1.165) is 33.7 Å². The normalized spacial score (nSPS) is 16.1. The summed E-state index contributed by atoms with van der Waals surface area (Å²) in [5.74, 6) is -0.540. The van der Waals surface area contributed by atoms with Gasteiger partial charge in [0.1, 0.15) is 0 Å². The van der Waals surface area contributed by atoms with Crippen molar-refractivity contribution in [3.63, 3.8) is 0 Å². The Balaban J connectivity index is 1.57. The maximum absolute atomic E-state index is 13.2. The van der Waals surface area contributed by atoms with Crippen molar-refractivity contribution in [3.05, 3.63) is 28.0 Å². The van der Waals surface area contributed by atoms with Crippen LogP contribution in [0.5, 0.6) is 0 Å². The van der Waals surface area contributed by atoms with Gasteiger partial charge >= 0.3 is 6.18 Å². The van der Waals surface area contributed by atoms with Gasteiger partial charge in [-0.1, -0.05) is 0 Å². The van der Waals surface area contributed by atoms with Gasteiger partial charge in [0.2, 0.25) is 0 Å². The van der Waals surface area contributed by atoms with Crippen LogP contribution in [0.4, 0.5) is 24.1 Å². The van der Waals surface area contributed by atoms with E-state index in [0.29, 0.717) is 24.5 Å². The molecule has 0 atom stereocenters. The molecule has 0 bridgehead atoms. The third-order valence-electron chi connectivity index (χ3n) is 5.06. The van der Waals surface area contributed by atoms with Crippen molar-refractivity contribution in [1.29, 1.82) is 0 Å². The van der Waals surface area contributed by atoms with E-state index in [4.69, 9.17) is 0 Å². The standard InChI is InChI=1S/C17H20F3N7S/c1-9-8-28-16(21-9)22-12-4-6-26(7-5-12)14-11(3)10(2)13-23-24-15(17(18,19)20)27(13)25-14/h8,12H,4-7H2,1-3H3,(H,21,22). The molecule has 1 fully saturated rings. The van der Waals surface area contributed by atoms with E-state index in [1.54, 1.807) is 18.3 Å². The second-order valence-electron chi connectivity index (χ2n) is 7.03. The van der Waals surface area contributed by atoms with Crippen LogP contribution in [0, 0.1) is 20.8 Å². The summed E-state index contributed by atoms with van der Waals surface area (Å²) in [5, 5.41) is 17.6. The molecule has 28 heavy (non-hydrogen) atoms. The summed E-state index contributed by atoms with van der Waals surface area (Å²) >= 11 is 1.58. The number of hydrogen-bond donors (Lipinski definition) is 1. The van der Waals surface area contributed by atoms with E-state index in [-0.39, 0.29) is 11.7 Å². The Labute approximate surface area is 163 Å². The largest absolute Gasteiger partial charge is 0.453 e. The predicted molar refractivity (Wildman–Crippen MR) is 101 cm³/mol. The lowest BCUT2D eigenvalue weighted by Crippen LogP contribution is -2.40. The first-order valence-corrected chi connectivity index (χ1v) is 9.85. The van der Waals surface area contributed by atoms with Crippen LogP contribution in [0.3, 0.4) is 0 Å². The number of halogens is 3. The topological polar surface area (TPSA) is 71.2 Å². The first kappa shape index (κ1) is 18.9. The number of nitrogens with zero attached hydrogens (tertiary/aromatic N) is 6. The Bertz CT molecular complexity index is 1000. The Morgan fingerprint density at radius 2 is 1.82 bits per heavy atom. The van der Waals surface area contributed by atoms with Crippen LogP contribution in [0.1, 0.15) is 35.5 Å². The fourth-order valence-corrected chi connectivity index (χ4v) is 4.19. The second-order valence-corrected chi connectivity index (χ2v) is 7.89. The third kappa shape index (κ3) is 3.38. The molecule has 1 aliphatic heterocycles. The SMILES string of the molecule is Cc1csc(NC2CCN(c3nn4c(C(F)(F)F)nnc4c(C)c3C)CC2)n1. The van der Waals surface area contributed by atoms with Gasteiger partial charge in [0.25, 0.3) is 5.82 Å². The molecule has 0 amide bonds. The summed E-state index contributed by atoms with van der Waals surface area (Å²) in [4.78, 5) is 6.46. The number of aryl methyl sites for hydroxylation is 2. The molecule has 3 aromatic rings. The van der Waals surface area contributed by atoms with Crippen molar-refractivity contribution in [2.24, 2.45) is 0 Å². The quantitative estimate of drug-likeness (QED) is 0.710. The summed E-state index contributed by atoms with van der Waals surface area (Å²) in [6.45, 7) is 6.97. The molecule has 4 heterocycles. The van der Waals surface area contributed by atoms with E-state index in [1.165, 1.54) is 0 Å². The van der Waals surface area contributed by atoms with Gasteiger partial charge < -0.3 is 10.2 Å². The molecule has 3 aromatic heterocycles. The predicted octanol–water partition coefficient (Wildman–Crippen LogP) is 3.61. The van der Waals surface area contributed by atoms with Gasteiger partial charge in [-0.25, -0.2) is 4.98 Å². The lowest BCUT2D eigenvalue weighted by atomic mass is 10.0. The molecule has 7 nitrogen and oxygen atoms in total. The van der Waals surface area contributed by atoms with Crippen LogP contribution in [0.2, 0.25) is 0 Å². The lowest BCUT2D eigenvalue weighted by Gasteiger charge is -2.34. The number of hydrogen-bond acceptors (Lipinski definition) is 7. The summed E-state index contributed by atoms with van der Waals surface area (Å²) in [7, 11) is 0. The van der Waals surface area contributed by atoms with E-state index in [2.05, 4.69) is 25.6 Å². The van der Waals surface area contributed by atoms with Gasteiger partial charge in [-0.3, -0.25) is 0 Å². The van der Waals surface area contributed by atoms with Crippen molar-refractivity contribution in [2.45, 2.75) is 45.8 Å². The molecule has 11 heteroatoms. The summed E-state index contributed by atoms with van der Waals surface area (Å²) in [6.07, 6.45) is -2.90. The van der Waals surface area contributed by atoms with Crippen LogP contribution in [0.15, 0.2) is 5.38 Å². The summed E-state index contributed by atoms with van der Waals surface area (Å²) in [6, 6.07) is 0.285. The highest BCUT2D eigenvalue weighted by molar-refractivity contribution is 7.13. The zero-order chi connectivity index (χ0) is 20.1. The number of rotatable bonds is 3. The zero-order valence-corrected chi connectivity index (χ0v) is 16.5. The van der Waals surface area contributed by atoms with E-state index >= 15 is 0 Å². The number of alkyl halides is 3. The van der Waals surface area contributed by atoms with Crippen molar-refractivity contribution in [1.82, 2.24) is 24.8 Å². The highest BCUT2D eigenvalue weighted by Crippen LogP contribution is 2.31. The Morgan fingerprint density at radius 1 is 1.11 bits per heavy atom. The van der Waals surface area contributed by atoms with Gasteiger partial charge in [-0.05, 0) is 33.6 Å². The van der Waals surface area contributed by atoms with Crippen LogP contribution < -0.4 is 10.2 Å². The van der Waals surface area contributed by atoms with Crippen molar-refractivity contribution >= 4 is 27.9 Å². The molecular weight excluding hydrogens is 391 g/mol. The molecule has 150 valence electrons. The molecule has 0 spiro atoms. The van der Waals surface area contributed by atoms with Gasteiger partial charge in [0, 0.05) is 35.6 Å². The van der Waals surface area contributed by atoms with Crippen LogP contribution in [-0.4, -0.2) is 43.9 Å². The van der Waals surface area contributed by atoms with E-state index in [9.17, 15) is 13.2 Å². The summed E-state index contributed by atoms with van der Waals surface area (Å²) < 4.78 is 40.5. The Hall–Kier alpha value is -2.43. The number of aromatic nitrogens is 5. The van der Waals surface area contributed by atoms with Gasteiger partial charge in [-0.2, -0.15) is 17.7 Å². The molecule has 1 saturated heterocycles. The smallest absolute Gasteiger partial charge is 0.359 e. The van der Waals surface area contributed by atoms with E-state index in [1.807, 2.05) is 24.1 Å². The highest BCUT2D eigenvalue weighted by atomic mass is 32.1. The van der Waals surface area contributed by atoms with Crippen LogP contribution in [-0.2, 0) is 6.18 Å². The minimum Gasteiger partial charge on any atom is -0.359 e. The Kier molecular flexibility index (Phi) is 4.64. The molecular formula is C17H20F3N7S. The zero-order valence-electron chi connectivity index (χ0n) is 15.7. The number of piperidine rings is 1. The maximum atomic E-state index is 13.2. The lowest BCUT2D eigenvalue weighted by molar-refractivity contribution is -0.146. The number of anilines is 2. The maximum Gasteiger partial charge on any atom is 0.453 e. The van der Waals surface area contributed by atoms with Gasteiger partial charge in [0.15, 0.2) is 16.6 Å². The number of fused-ring (bicyclic) bond motifs is 1. The van der Waals surface area contributed by atoms with Gasteiger partial charge in [0.05, 0.1) is 5.69 Å². The minimum absolute atomic E-state index is 0.143. The monoisotopic (exact) mass is 411 g/mol. The fourth-order valence-electron chi connectivity index (χ4n) is 3.42. The summed E-state index contributed by atoms with van der Waals surface area (Å²) in [5.41, 5.74) is 2.62.